The minimum Gasteiger partial charge on any atom is -0.486 e. The molecule has 2 aromatic carbocycles. The molecule has 1 heterocycles. The van der Waals surface area contributed by atoms with E-state index >= 15 is 0 Å². The number of amides is 1. The van der Waals surface area contributed by atoms with Crippen LogP contribution in [0.3, 0.4) is 0 Å². The van der Waals surface area contributed by atoms with Crippen molar-refractivity contribution in [1.82, 2.24) is 5.32 Å². The summed E-state index contributed by atoms with van der Waals surface area (Å²) >= 11 is 9.38. The molecule has 0 saturated carbocycles. The minimum absolute atomic E-state index is 0.230. The van der Waals surface area contributed by atoms with Gasteiger partial charge >= 0.3 is 0 Å². The van der Waals surface area contributed by atoms with Crippen LogP contribution in [0.2, 0.25) is 5.02 Å². The van der Waals surface area contributed by atoms with Gasteiger partial charge in [-0.1, -0.05) is 11.6 Å². The Kier molecular flexibility index (Phi) is 4.73. The molecule has 0 saturated heterocycles. The molecular formula is C16H12BrClFNO3. The predicted octanol–water partition coefficient (Wildman–Crippen LogP) is 3.94. The molecule has 2 aromatic rings. The van der Waals surface area contributed by atoms with Crippen LogP contribution >= 0.6 is 27.5 Å². The second-order valence-electron chi connectivity index (χ2n) is 4.91. The molecule has 1 N–H and O–H groups in total. The fraction of sp³-hybridized carbons (Fsp3) is 0.188. The van der Waals surface area contributed by atoms with Crippen LogP contribution in [0.25, 0.3) is 0 Å². The first-order valence-corrected chi connectivity index (χ1v) is 8.03. The Morgan fingerprint density at radius 3 is 2.87 bits per heavy atom. The molecular weight excluding hydrogens is 389 g/mol. The molecule has 0 unspecified atom stereocenters. The Balaban J connectivity index is 1.74. The van der Waals surface area contributed by atoms with Crippen molar-refractivity contribution in [2.45, 2.75) is 6.54 Å². The summed E-state index contributed by atoms with van der Waals surface area (Å²) < 4.78 is 24.7. The average Bonchev–Trinajstić information content (AvgIpc) is 2.55. The Morgan fingerprint density at radius 1 is 1.26 bits per heavy atom. The van der Waals surface area contributed by atoms with E-state index < -0.39 is 5.82 Å². The molecule has 1 amide bonds. The Labute approximate surface area is 145 Å². The summed E-state index contributed by atoms with van der Waals surface area (Å²) in [7, 11) is 0. The van der Waals surface area contributed by atoms with Crippen LogP contribution in [0.4, 0.5) is 4.39 Å². The standard InChI is InChI=1S/C16H12BrClFNO3/c17-12-2-1-10(19)7-11(12)16(21)20-8-9-5-13(18)15-14(6-9)22-3-4-23-15/h1-2,5-7H,3-4,8H2,(H,20,21). The SMILES string of the molecule is O=C(NCc1cc(Cl)c2c(c1)OCCO2)c1cc(F)ccc1Br. The molecule has 0 aliphatic carbocycles. The third kappa shape index (κ3) is 3.59. The van der Waals surface area contributed by atoms with Crippen LogP contribution in [0.15, 0.2) is 34.8 Å². The third-order valence-corrected chi connectivity index (χ3v) is 4.25. The van der Waals surface area contributed by atoms with Gasteiger partial charge in [0.25, 0.3) is 5.91 Å². The maximum absolute atomic E-state index is 13.3. The summed E-state index contributed by atoms with van der Waals surface area (Å²) in [6.45, 7) is 1.14. The molecule has 0 bridgehead atoms. The highest BCUT2D eigenvalue weighted by Crippen LogP contribution is 2.38. The highest BCUT2D eigenvalue weighted by Gasteiger charge is 2.17. The summed E-state index contributed by atoms with van der Waals surface area (Å²) in [6.07, 6.45) is 0. The van der Waals surface area contributed by atoms with Crippen molar-refractivity contribution in [3.63, 3.8) is 0 Å². The summed E-state index contributed by atoms with van der Waals surface area (Å²) in [4.78, 5) is 12.2. The van der Waals surface area contributed by atoms with E-state index in [2.05, 4.69) is 21.2 Å². The number of carbonyl (C=O) groups is 1. The number of carbonyl (C=O) groups excluding carboxylic acids is 1. The maximum Gasteiger partial charge on any atom is 0.252 e. The van der Waals surface area contributed by atoms with Crippen molar-refractivity contribution in [1.29, 1.82) is 0 Å². The normalized spacial score (nSPS) is 12.8. The smallest absolute Gasteiger partial charge is 0.252 e. The molecule has 3 rings (SSSR count). The predicted molar refractivity (Wildman–Crippen MR) is 87.7 cm³/mol. The zero-order valence-corrected chi connectivity index (χ0v) is 14.2. The molecule has 1 aliphatic rings. The zero-order chi connectivity index (χ0) is 16.4. The van der Waals surface area contributed by atoms with Crippen molar-refractivity contribution in [2.75, 3.05) is 13.2 Å². The second kappa shape index (κ2) is 6.76. The van der Waals surface area contributed by atoms with E-state index in [9.17, 15) is 9.18 Å². The molecule has 4 nitrogen and oxygen atoms in total. The van der Waals surface area contributed by atoms with Gasteiger partial charge in [0.05, 0.1) is 10.6 Å². The number of rotatable bonds is 3. The van der Waals surface area contributed by atoms with Crippen molar-refractivity contribution in [3.05, 3.63) is 56.8 Å². The lowest BCUT2D eigenvalue weighted by atomic mass is 10.1. The summed E-state index contributed by atoms with van der Waals surface area (Å²) in [5.41, 5.74) is 0.994. The first-order chi connectivity index (χ1) is 11.0. The largest absolute Gasteiger partial charge is 0.486 e. The van der Waals surface area contributed by atoms with Crippen LogP contribution in [0.5, 0.6) is 11.5 Å². The Bertz CT molecular complexity index is 769. The second-order valence-corrected chi connectivity index (χ2v) is 6.17. The fourth-order valence-electron chi connectivity index (χ4n) is 2.22. The summed E-state index contributed by atoms with van der Waals surface area (Å²) in [6, 6.07) is 7.42. The van der Waals surface area contributed by atoms with Crippen LogP contribution in [0.1, 0.15) is 15.9 Å². The number of hydrogen-bond donors (Lipinski definition) is 1. The van der Waals surface area contributed by atoms with Crippen LogP contribution < -0.4 is 14.8 Å². The van der Waals surface area contributed by atoms with Crippen LogP contribution in [-0.2, 0) is 6.54 Å². The molecule has 120 valence electrons. The molecule has 0 spiro atoms. The first kappa shape index (κ1) is 16.1. The lowest BCUT2D eigenvalue weighted by molar-refractivity contribution is 0.0949. The van der Waals surface area contributed by atoms with Gasteiger partial charge in [-0.05, 0) is 51.8 Å². The number of nitrogens with one attached hydrogen (secondary N) is 1. The van der Waals surface area contributed by atoms with Crippen molar-refractivity contribution in [2.24, 2.45) is 0 Å². The lowest BCUT2D eigenvalue weighted by Crippen LogP contribution is -2.23. The van der Waals surface area contributed by atoms with Gasteiger partial charge < -0.3 is 14.8 Å². The number of ether oxygens (including phenoxy) is 2. The Morgan fingerprint density at radius 2 is 2.04 bits per heavy atom. The van der Waals surface area contributed by atoms with E-state index in [1.165, 1.54) is 18.2 Å². The quantitative estimate of drug-likeness (QED) is 0.849. The van der Waals surface area contributed by atoms with Crippen LogP contribution in [0, 0.1) is 5.82 Å². The Hall–Kier alpha value is -1.79. The van der Waals surface area contributed by atoms with Gasteiger partial charge in [-0.2, -0.15) is 0 Å². The summed E-state index contributed by atoms with van der Waals surface area (Å²) in [5, 5.41) is 3.16. The fourth-order valence-corrected chi connectivity index (χ4v) is 2.93. The van der Waals surface area contributed by atoms with Gasteiger partial charge in [-0.15, -0.1) is 0 Å². The summed E-state index contributed by atoms with van der Waals surface area (Å²) in [5.74, 6) is 0.212. The van der Waals surface area contributed by atoms with E-state index in [-0.39, 0.29) is 18.0 Å². The van der Waals surface area contributed by atoms with Gasteiger partial charge in [-0.25, -0.2) is 4.39 Å². The molecule has 1 aliphatic heterocycles. The van der Waals surface area contributed by atoms with E-state index in [1.807, 2.05) is 0 Å². The average molecular weight is 401 g/mol. The molecule has 7 heteroatoms. The van der Waals surface area contributed by atoms with Crippen molar-refractivity contribution >= 4 is 33.4 Å². The zero-order valence-electron chi connectivity index (χ0n) is 11.9. The van der Waals surface area contributed by atoms with E-state index in [4.69, 9.17) is 21.1 Å². The first-order valence-electron chi connectivity index (χ1n) is 6.86. The van der Waals surface area contributed by atoms with Crippen molar-refractivity contribution in [3.8, 4) is 11.5 Å². The molecule has 0 radical (unpaired) electrons. The van der Waals surface area contributed by atoms with Crippen molar-refractivity contribution < 1.29 is 18.7 Å². The van der Waals surface area contributed by atoms with Gasteiger partial charge in [0.1, 0.15) is 19.0 Å². The van der Waals surface area contributed by atoms with Crippen LogP contribution in [-0.4, -0.2) is 19.1 Å². The van der Waals surface area contributed by atoms with E-state index in [0.29, 0.717) is 34.2 Å². The number of halogens is 3. The molecule has 0 aromatic heterocycles. The maximum atomic E-state index is 13.3. The monoisotopic (exact) mass is 399 g/mol. The molecule has 0 fully saturated rings. The van der Waals surface area contributed by atoms with E-state index in [0.717, 1.165) is 5.56 Å². The number of benzene rings is 2. The number of fused-ring (bicyclic) bond motifs is 1. The molecule has 0 atom stereocenters. The number of hydrogen-bond acceptors (Lipinski definition) is 3. The third-order valence-electron chi connectivity index (χ3n) is 3.28. The highest BCUT2D eigenvalue weighted by molar-refractivity contribution is 9.10. The van der Waals surface area contributed by atoms with Gasteiger partial charge in [-0.3, -0.25) is 4.79 Å². The van der Waals surface area contributed by atoms with Gasteiger partial charge in [0.2, 0.25) is 0 Å². The van der Waals surface area contributed by atoms with E-state index in [1.54, 1.807) is 12.1 Å². The highest BCUT2D eigenvalue weighted by atomic mass is 79.9. The minimum atomic E-state index is -0.472. The van der Waals surface area contributed by atoms with Gasteiger partial charge in [0.15, 0.2) is 11.5 Å². The topological polar surface area (TPSA) is 47.6 Å². The van der Waals surface area contributed by atoms with Gasteiger partial charge in [0, 0.05) is 11.0 Å². The lowest BCUT2D eigenvalue weighted by Gasteiger charge is -2.20. The molecule has 23 heavy (non-hydrogen) atoms.